The minimum absolute atomic E-state index is 0.00517. The molecule has 1 aromatic carbocycles. The summed E-state index contributed by atoms with van der Waals surface area (Å²) in [4.78, 5) is 26.8. The van der Waals surface area contributed by atoms with Crippen LogP contribution in [0.2, 0.25) is 0 Å². The number of hydrogen-bond acceptors (Lipinski definition) is 4. The van der Waals surface area contributed by atoms with Gasteiger partial charge in [-0.1, -0.05) is 13.0 Å². The lowest BCUT2D eigenvalue weighted by Gasteiger charge is -2.33. The number of benzene rings is 1. The largest absolute Gasteiger partial charge is 0.486 e. The van der Waals surface area contributed by atoms with Gasteiger partial charge in [0.25, 0.3) is 0 Å². The predicted molar refractivity (Wildman–Crippen MR) is 101 cm³/mol. The second kappa shape index (κ2) is 7.79. The maximum atomic E-state index is 13.0. The number of ether oxygens (including phenoxy) is 2. The quantitative estimate of drug-likeness (QED) is 0.863. The Morgan fingerprint density at radius 2 is 1.96 bits per heavy atom. The van der Waals surface area contributed by atoms with Gasteiger partial charge in [-0.05, 0) is 49.3 Å². The summed E-state index contributed by atoms with van der Waals surface area (Å²) in [5.74, 6) is 2.09. The zero-order valence-corrected chi connectivity index (χ0v) is 15.9. The van der Waals surface area contributed by atoms with Gasteiger partial charge in [-0.15, -0.1) is 0 Å². The topological polar surface area (TPSA) is 67.9 Å². The molecule has 4 rings (SSSR count). The molecule has 1 saturated heterocycles. The number of carbonyl (C=O) groups is 2. The zero-order valence-electron chi connectivity index (χ0n) is 15.9. The van der Waals surface area contributed by atoms with Crippen LogP contribution in [0.5, 0.6) is 11.5 Å². The van der Waals surface area contributed by atoms with Crippen molar-refractivity contribution in [1.29, 1.82) is 0 Å². The molecule has 2 amide bonds. The lowest BCUT2D eigenvalue weighted by molar-refractivity contribution is -0.135. The molecule has 1 saturated carbocycles. The molecule has 1 aromatic rings. The highest BCUT2D eigenvalue weighted by Gasteiger charge is 2.36. The Kier molecular flexibility index (Phi) is 5.23. The summed E-state index contributed by atoms with van der Waals surface area (Å²) in [6, 6.07) is 5.98. The van der Waals surface area contributed by atoms with Crippen LogP contribution in [0.3, 0.4) is 0 Å². The van der Waals surface area contributed by atoms with E-state index in [1.54, 1.807) is 0 Å². The van der Waals surface area contributed by atoms with Crippen LogP contribution in [0.1, 0.15) is 50.6 Å². The lowest BCUT2D eigenvalue weighted by atomic mass is 9.95. The van der Waals surface area contributed by atoms with Crippen molar-refractivity contribution in [2.75, 3.05) is 26.3 Å². The average molecular weight is 372 g/mol. The summed E-state index contributed by atoms with van der Waals surface area (Å²) in [5, 5.41) is 3.28. The number of nitrogens with one attached hydrogen (secondary N) is 1. The predicted octanol–water partition coefficient (Wildman–Crippen LogP) is 2.67. The molecule has 2 unspecified atom stereocenters. The Bertz CT molecular complexity index is 716. The Hall–Kier alpha value is -2.24. The van der Waals surface area contributed by atoms with Crippen molar-refractivity contribution < 1.29 is 19.1 Å². The molecule has 6 heteroatoms. The van der Waals surface area contributed by atoms with Gasteiger partial charge in [0, 0.05) is 19.5 Å². The molecule has 0 aromatic heterocycles. The Balaban J connectivity index is 1.45. The smallest absolute Gasteiger partial charge is 0.225 e. The Labute approximate surface area is 160 Å². The fraction of sp³-hybridized carbons (Fsp3) is 0.619. The highest BCUT2D eigenvalue weighted by molar-refractivity contribution is 5.81. The van der Waals surface area contributed by atoms with Gasteiger partial charge in [0.05, 0.1) is 12.0 Å². The summed E-state index contributed by atoms with van der Waals surface area (Å²) in [5.41, 5.74) is 1.08. The minimum Gasteiger partial charge on any atom is -0.486 e. The van der Waals surface area contributed by atoms with Crippen LogP contribution in [0.25, 0.3) is 0 Å². The van der Waals surface area contributed by atoms with E-state index < -0.39 is 0 Å². The Morgan fingerprint density at radius 1 is 1.19 bits per heavy atom. The first-order valence-corrected chi connectivity index (χ1v) is 10.1. The van der Waals surface area contributed by atoms with E-state index in [0.717, 1.165) is 49.3 Å². The van der Waals surface area contributed by atoms with Gasteiger partial charge in [0.15, 0.2) is 11.5 Å². The SMILES string of the molecule is CCC(=O)N1CCCC(C(=O)NC(c2ccc3c(c2)OCCO3)C2CC2)C1. The summed E-state index contributed by atoms with van der Waals surface area (Å²) < 4.78 is 11.3. The van der Waals surface area contributed by atoms with Crippen molar-refractivity contribution in [1.82, 2.24) is 10.2 Å². The van der Waals surface area contributed by atoms with E-state index in [9.17, 15) is 9.59 Å². The number of piperidine rings is 1. The molecule has 27 heavy (non-hydrogen) atoms. The number of likely N-dealkylation sites (tertiary alicyclic amines) is 1. The second-order valence-electron chi connectivity index (χ2n) is 7.76. The first-order chi connectivity index (χ1) is 13.2. The molecule has 1 N–H and O–H groups in total. The first kappa shape index (κ1) is 18.1. The van der Waals surface area contributed by atoms with E-state index in [-0.39, 0.29) is 23.8 Å². The number of rotatable bonds is 5. The van der Waals surface area contributed by atoms with Crippen molar-refractivity contribution in [3.63, 3.8) is 0 Å². The van der Waals surface area contributed by atoms with E-state index in [0.29, 0.717) is 32.1 Å². The molecular formula is C21H28N2O4. The third kappa shape index (κ3) is 4.04. The molecule has 1 aliphatic carbocycles. The molecule has 2 fully saturated rings. The molecule has 0 bridgehead atoms. The molecule has 2 heterocycles. The Morgan fingerprint density at radius 3 is 2.70 bits per heavy atom. The highest BCUT2D eigenvalue weighted by Crippen LogP contribution is 2.43. The third-order valence-corrected chi connectivity index (χ3v) is 5.76. The van der Waals surface area contributed by atoms with Crippen LogP contribution in [-0.4, -0.2) is 43.0 Å². The fourth-order valence-electron chi connectivity index (χ4n) is 4.07. The van der Waals surface area contributed by atoms with Crippen LogP contribution in [-0.2, 0) is 9.59 Å². The lowest BCUT2D eigenvalue weighted by Crippen LogP contribution is -2.46. The monoisotopic (exact) mass is 372 g/mol. The van der Waals surface area contributed by atoms with Crippen molar-refractivity contribution in [2.24, 2.45) is 11.8 Å². The van der Waals surface area contributed by atoms with Gasteiger partial charge in [-0.2, -0.15) is 0 Å². The average Bonchev–Trinajstić information content (AvgIpc) is 3.56. The van der Waals surface area contributed by atoms with Crippen molar-refractivity contribution in [3.05, 3.63) is 23.8 Å². The highest BCUT2D eigenvalue weighted by atomic mass is 16.6. The van der Waals surface area contributed by atoms with Gasteiger partial charge in [-0.3, -0.25) is 9.59 Å². The number of nitrogens with zero attached hydrogens (tertiary/aromatic N) is 1. The molecule has 2 aliphatic heterocycles. The van der Waals surface area contributed by atoms with Crippen LogP contribution in [0.15, 0.2) is 18.2 Å². The number of fused-ring (bicyclic) bond motifs is 1. The molecule has 0 spiro atoms. The van der Waals surface area contributed by atoms with Crippen molar-refractivity contribution in [2.45, 2.75) is 45.1 Å². The van der Waals surface area contributed by atoms with Gasteiger partial charge in [-0.25, -0.2) is 0 Å². The molecule has 6 nitrogen and oxygen atoms in total. The van der Waals surface area contributed by atoms with E-state index in [4.69, 9.17) is 9.47 Å². The second-order valence-corrected chi connectivity index (χ2v) is 7.76. The maximum Gasteiger partial charge on any atom is 0.225 e. The summed E-state index contributed by atoms with van der Waals surface area (Å²) in [7, 11) is 0. The van der Waals surface area contributed by atoms with E-state index in [2.05, 4.69) is 5.32 Å². The van der Waals surface area contributed by atoms with E-state index in [1.807, 2.05) is 30.0 Å². The molecule has 2 atom stereocenters. The van der Waals surface area contributed by atoms with Crippen LogP contribution in [0, 0.1) is 11.8 Å². The zero-order chi connectivity index (χ0) is 18.8. The van der Waals surface area contributed by atoms with E-state index in [1.165, 1.54) is 0 Å². The summed E-state index contributed by atoms with van der Waals surface area (Å²) in [6.07, 6.45) is 4.49. The number of carbonyl (C=O) groups excluding carboxylic acids is 2. The molecular weight excluding hydrogens is 344 g/mol. The van der Waals surface area contributed by atoms with Gasteiger partial charge < -0.3 is 19.7 Å². The molecule has 146 valence electrons. The summed E-state index contributed by atoms with van der Waals surface area (Å²) >= 11 is 0. The van der Waals surface area contributed by atoms with Crippen molar-refractivity contribution in [3.8, 4) is 11.5 Å². The van der Waals surface area contributed by atoms with E-state index >= 15 is 0 Å². The van der Waals surface area contributed by atoms with Gasteiger partial charge in [0.2, 0.25) is 11.8 Å². The number of amides is 2. The van der Waals surface area contributed by atoms with Gasteiger partial charge >= 0.3 is 0 Å². The van der Waals surface area contributed by atoms with Gasteiger partial charge in [0.1, 0.15) is 13.2 Å². The van der Waals surface area contributed by atoms with Crippen LogP contribution >= 0.6 is 0 Å². The van der Waals surface area contributed by atoms with Crippen LogP contribution in [0.4, 0.5) is 0 Å². The minimum atomic E-state index is -0.118. The third-order valence-electron chi connectivity index (χ3n) is 5.76. The first-order valence-electron chi connectivity index (χ1n) is 10.1. The normalized spacial score (nSPS) is 22.9. The van der Waals surface area contributed by atoms with Crippen LogP contribution < -0.4 is 14.8 Å². The maximum absolute atomic E-state index is 13.0. The summed E-state index contributed by atoms with van der Waals surface area (Å²) in [6.45, 7) is 4.31. The fourth-order valence-corrected chi connectivity index (χ4v) is 4.07. The molecule has 3 aliphatic rings. The van der Waals surface area contributed by atoms with Crippen molar-refractivity contribution >= 4 is 11.8 Å². The number of hydrogen-bond donors (Lipinski definition) is 1. The standard InChI is InChI=1S/C21H28N2O4/c1-2-19(24)23-9-3-4-16(13-23)21(25)22-20(14-5-6-14)15-7-8-17-18(12-15)27-11-10-26-17/h7-8,12,14,16,20H,2-6,9-11,13H2,1H3,(H,22,25). The molecule has 0 radical (unpaired) electrons.